The van der Waals surface area contributed by atoms with E-state index in [1.807, 2.05) is 0 Å². The number of nitrogens with two attached hydrogens (primary N) is 1. The molecule has 2 fully saturated rings. The molecule has 2 rings (SSSR count). The Kier molecular flexibility index (Phi) is 6.02. The second-order valence-electron chi connectivity index (χ2n) is 6.86. The zero-order chi connectivity index (χ0) is 15.6. The Labute approximate surface area is 134 Å². The van der Waals surface area contributed by atoms with E-state index in [9.17, 15) is 8.42 Å². The van der Waals surface area contributed by atoms with E-state index < -0.39 is 9.84 Å². The first-order valence-corrected chi connectivity index (χ1v) is 11.0. The van der Waals surface area contributed by atoms with Crippen LogP contribution in [0, 0.1) is 17.8 Å². The van der Waals surface area contributed by atoms with Gasteiger partial charge in [-0.25, -0.2) is 8.42 Å². The molecule has 4 nitrogen and oxygen atoms in total. The number of rotatable bonds is 4. The SMILES string of the molecule is CCS(=O)(=O)C1CSCCN1CC1C(C)CC(C)CC1N. The van der Waals surface area contributed by atoms with Crippen LogP contribution >= 0.6 is 11.8 Å². The molecule has 0 radical (unpaired) electrons. The third-order valence-corrected chi connectivity index (χ3v) is 8.51. The summed E-state index contributed by atoms with van der Waals surface area (Å²) in [5, 5.41) is -0.306. The van der Waals surface area contributed by atoms with Crippen LogP contribution in [0.4, 0.5) is 0 Å². The second kappa shape index (κ2) is 7.20. The minimum atomic E-state index is -3.00. The molecule has 1 saturated carbocycles. The average molecular weight is 335 g/mol. The molecule has 5 unspecified atom stereocenters. The first-order chi connectivity index (χ1) is 9.85. The molecule has 0 amide bonds. The van der Waals surface area contributed by atoms with Crippen molar-refractivity contribution >= 4 is 21.6 Å². The quantitative estimate of drug-likeness (QED) is 0.849. The summed E-state index contributed by atoms with van der Waals surface area (Å²) >= 11 is 1.76. The predicted octanol–water partition coefficient (Wildman–Crippen LogP) is 1.81. The number of sulfone groups is 1. The maximum absolute atomic E-state index is 12.3. The Balaban J connectivity index is 2.08. The van der Waals surface area contributed by atoms with Gasteiger partial charge < -0.3 is 5.73 Å². The molecule has 2 N–H and O–H groups in total. The maximum atomic E-state index is 12.3. The number of hydrogen-bond acceptors (Lipinski definition) is 5. The van der Waals surface area contributed by atoms with Crippen molar-refractivity contribution in [3.05, 3.63) is 0 Å². The summed E-state index contributed by atoms with van der Waals surface area (Å²) in [6.07, 6.45) is 2.29. The van der Waals surface area contributed by atoms with Crippen molar-refractivity contribution in [2.45, 2.75) is 45.0 Å². The molecule has 0 aromatic rings. The molecule has 0 bridgehead atoms. The van der Waals surface area contributed by atoms with Gasteiger partial charge in [-0.15, -0.1) is 0 Å². The third-order valence-electron chi connectivity index (χ3n) is 5.18. The van der Waals surface area contributed by atoms with E-state index in [1.165, 1.54) is 6.42 Å². The molecule has 0 spiro atoms. The van der Waals surface area contributed by atoms with Gasteiger partial charge in [-0.2, -0.15) is 11.8 Å². The van der Waals surface area contributed by atoms with E-state index >= 15 is 0 Å². The molecule has 6 heteroatoms. The summed E-state index contributed by atoms with van der Waals surface area (Å²) in [5.74, 6) is 3.68. The lowest BCUT2D eigenvalue weighted by Gasteiger charge is -2.43. The molecule has 1 heterocycles. The van der Waals surface area contributed by atoms with Gasteiger partial charge in [0.2, 0.25) is 0 Å². The van der Waals surface area contributed by atoms with Crippen molar-refractivity contribution < 1.29 is 8.42 Å². The summed E-state index contributed by atoms with van der Waals surface area (Å²) in [4.78, 5) is 2.20. The van der Waals surface area contributed by atoms with Crippen molar-refractivity contribution in [2.24, 2.45) is 23.5 Å². The standard InChI is InChI=1S/C15H30N2O2S2/c1-4-21(18,19)15-10-20-6-5-17(15)9-13-12(3)7-11(2)8-14(13)16/h11-15H,4-10,16H2,1-3H3. The molecule has 1 saturated heterocycles. The highest BCUT2D eigenvalue weighted by Gasteiger charge is 2.38. The normalized spacial score (nSPS) is 39.3. The van der Waals surface area contributed by atoms with Crippen molar-refractivity contribution in [1.29, 1.82) is 0 Å². The van der Waals surface area contributed by atoms with E-state index in [4.69, 9.17) is 5.73 Å². The van der Waals surface area contributed by atoms with Gasteiger partial charge in [-0.1, -0.05) is 20.8 Å². The third kappa shape index (κ3) is 4.15. The maximum Gasteiger partial charge on any atom is 0.166 e. The van der Waals surface area contributed by atoms with Gasteiger partial charge in [0.1, 0.15) is 5.37 Å². The first kappa shape index (κ1) is 17.6. The number of hydrogen-bond donors (Lipinski definition) is 1. The Bertz CT molecular complexity index is 429. The second-order valence-corrected chi connectivity index (χ2v) is 10.5. The zero-order valence-corrected chi connectivity index (χ0v) is 15.1. The highest BCUT2D eigenvalue weighted by atomic mass is 32.2. The van der Waals surface area contributed by atoms with Gasteiger partial charge in [0.15, 0.2) is 9.84 Å². The molecule has 0 aromatic heterocycles. The van der Waals surface area contributed by atoms with Crippen LogP contribution < -0.4 is 5.73 Å². The molecule has 1 aliphatic carbocycles. The number of thioether (sulfide) groups is 1. The van der Waals surface area contributed by atoms with Crippen LogP contribution in [0.3, 0.4) is 0 Å². The Morgan fingerprint density at radius 2 is 2.00 bits per heavy atom. The molecule has 124 valence electrons. The lowest BCUT2D eigenvalue weighted by Crippen LogP contribution is -2.53. The monoisotopic (exact) mass is 334 g/mol. The van der Waals surface area contributed by atoms with Crippen molar-refractivity contribution in [2.75, 3.05) is 30.3 Å². The Hall–Kier alpha value is 0.220. The summed E-state index contributed by atoms with van der Waals surface area (Å²) in [7, 11) is -3.00. The molecular formula is C15H30N2O2S2. The summed E-state index contributed by atoms with van der Waals surface area (Å²) < 4.78 is 24.7. The van der Waals surface area contributed by atoms with Crippen LogP contribution in [0.2, 0.25) is 0 Å². The fourth-order valence-electron chi connectivity index (χ4n) is 3.90. The van der Waals surface area contributed by atoms with Gasteiger partial charge in [0, 0.05) is 36.4 Å². The summed E-state index contributed by atoms with van der Waals surface area (Å²) in [5.41, 5.74) is 6.38. The van der Waals surface area contributed by atoms with Crippen LogP contribution in [-0.4, -0.2) is 55.1 Å². The number of nitrogens with zero attached hydrogens (tertiary/aromatic N) is 1. The van der Waals surface area contributed by atoms with E-state index in [-0.39, 0.29) is 17.2 Å². The summed E-state index contributed by atoms with van der Waals surface area (Å²) in [6.45, 7) is 8.03. The predicted molar refractivity (Wildman–Crippen MR) is 91.2 cm³/mol. The van der Waals surface area contributed by atoms with Crippen LogP contribution in [0.25, 0.3) is 0 Å². The topological polar surface area (TPSA) is 63.4 Å². The Morgan fingerprint density at radius 3 is 2.62 bits per heavy atom. The van der Waals surface area contributed by atoms with Crippen molar-refractivity contribution in [1.82, 2.24) is 4.90 Å². The smallest absolute Gasteiger partial charge is 0.166 e. The van der Waals surface area contributed by atoms with Crippen molar-refractivity contribution in [3.63, 3.8) is 0 Å². The van der Waals surface area contributed by atoms with E-state index in [0.717, 1.165) is 25.3 Å². The molecule has 1 aliphatic heterocycles. The van der Waals surface area contributed by atoms with Gasteiger partial charge in [0.05, 0.1) is 0 Å². The van der Waals surface area contributed by atoms with Gasteiger partial charge >= 0.3 is 0 Å². The summed E-state index contributed by atoms with van der Waals surface area (Å²) in [6, 6.07) is 0.211. The average Bonchev–Trinajstić information content (AvgIpc) is 2.43. The molecular weight excluding hydrogens is 304 g/mol. The van der Waals surface area contributed by atoms with Gasteiger partial charge in [-0.3, -0.25) is 4.90 Å². The Morgan fingerprint density at radius 1 is 1.29 bits per heavy atom. The lowest BCUT2D eigenvalue weighted by molar-refractivity contribution is 0.115. The lowest BCUT2D eigenvalue weighted by atomic mass is 9.72. The van der Waals surface area contributed by atoms with Crippen LogP contribution in [-0.2, 0) is 9.84 Å². The minimum absolute atomic E-state index is 0.211. The molecule has 21 heavy (non-hydrogen) atoms. The highest BCUT2D eigenvalue weighted by molar-refractivity contribution is 8.01. The minimum Gasteiger partial charge on any atom is -0.327 e. The fourth-order valence-corrected chi connectivity index (χ4v) is 6.99. The highest BCUT2D eigenvalue weighted by Crippen LogP contribution is 2.34. The van der Waals surface area contributed by atoms with Crippen LogP contribution in [0.5, 0.6) is 0 Å². The van der Waals surface area contributed by atoms with Gasteiger partial charge in [0.25, 0.3) is 0 Å². The van der Waals surface area contributed by atoms with E-state index in [2.05, 4.69) is 18.7 Å². The fraction of sp³-hybridized carbons (Fsp3) is 1.00. The molecule has 2 aliphatic rings. The van der Waals surface area contributed by atoms with Gasteiger partial charge in [-0.05, 0) is 30.6 Å². The van der Waals surface area contributed by atoms with Crippen LogP contribution in [0.1, 0.15) is 33.6 Å². The molecule has 0 aromatic carbocycles. The van der Waals surface area contributed by atoms with E-state index in [1.54, 1.807) is 18.7 Å². The van der Waals surface area contributed by atoms with E-state index in [0.29, 0.717) is 23.5 Å². The largest absolute Gasteiger partial charge is 0.327 e. The van der Waals surface area contributed by atoms with Crippen molar-refractivity contribution in [3.8, 4) is 0 Å². The van der Waals surface area contributed by atoms with Crippen LogP contribution in [0.15, 0.2) is 0 Å². The first-order valence-electron chi connectivity index (χ1n) is 8.14. The zero-order valence-electron chi connectivity index (χ0n) is 13.5. The molecule has 5 atom stereocenters.